The largest absolute Gasteiger partial charge is 0.394 e. The molecule has 8 nitrogen and oxygen atoms in total. The predicted octanol–water partition coefficient (Wildman–Crippen LogP) is 8.53. The van der Waals surface area contributed by atoms with Crippen molar-refractivity contribution < 1.29 is 15.0 Å². The fourth-order valence-corrected chi connectivity index (χ4v) is 6.53. The minimum absolute atomic E-state index is 0.00863. The van der Waals surface area contributed by atoms with Gasteiger partial charge in [-0.15, -0.1) is 0 Å². The fourth-order valence-electron chi connectivity index (χ4n) is 6.53. The van der Waals surface area contributed by atoms with Crippen molar-refractivity contribution in [3.05, 3.63) is 0 Å². The smallest absolute Gasteiger partial charge is 0.234 e. The van der Waals surface area contributed by atoms with Crippen molar-refractivity contribution in [2.75, 3.05) is 52.4 Å². The average Bonchev–Trinajstić information content (AvgIpc) is 3.10. The molecule has 0 heterocycles. The van der Waals surface area contributed by atoms with Crippen molar-refractivity contribution in [1.82, 2.24) is 21.1 Å². The highest BCUT2D eigenvalue weighted by atomic mass is 16.3. The minimum atomic E-state index is -0.853. The van der Waals surface area contributed by atoms with Gasteiger partial charge in [0.05, 0.1) is 12.7 Å². The van der Waals surface area contributed by atoms with Crippen LogP contribution < -0.4 is 21.8 Å². The van der Waals surface area contributed by atoms with Gasteiger partial charge in [0.2, 0.25) is 5.91 Å². The van der Waals surface area contributed by atoms with E-state index in [2.05, 4.69) is 23.0 Å². The summed E-state index contributed by atoms with van der Waals surface area (Å²) in [5.41, 5.74) is 8.47. The Kier molecular flexibility index (Phi) is 41.0. The van der Waals surface area contributed by atoms with Crippen molar-refractivity contribution >= 4 is 5.91 Å². The van der Waals surface area contributed by atoms with Gasteiger partial charge in [-0.3, -0.25) is 10.2 Å². The standard InChI is InChI=1S/C41H87N5O3/c1-2-3-4-5-6-7-8-9-10-11-12-13-14-15-16-17-18-19-20-21-22-23-24-25-26-31-41(49)45-46(38-40(48)39-47)37-30-36-44-34-28-27-33-43-35-29-32-42/h40,43-44,47-48H,2-39,42H2,1H3,(H,45,49). The molecule has 1 amide bonds. The summed E-state index contributed by atoms with van der Waals surface area (Å²) >= 11 is 0. The lowest BCUT2D eigenvalue weighted by Gasteiger charge is -2.25. The topological polar surface area (TPSA) is 123 Å². The van der Waals surface area contributed by atoms with Crippen LogP contribution in [0.5, 0.6) is 0 Å². The molecular formula is C41H87N5O3. The van der Waals surface area contributed by atoms with Crippen LogP contribution in [0.1, 0.15) is 200 Å². The van der Waals surface area contributed by atoms with Gasteiger partial charge in [-0.1, -0.05) is 161 Å². The number of amides is 1. The Labute approximate surface area is 305 Å². The van der Waals surface area contributed by atoms with Gasteiger partial charge < -0.3 is 26.6 Å². The highest BCUT2D eigenvalue weighted by Gasteiger charge is 2.13. The van der Waals surface area contributed by atoms with Crippen molar-refractivity contribution in [2.45, 2.75) is 206 Å². The highest BCUT2D eigenvalue weighted by molar-refractivity contribution is 5.75. The number of nitrogens with zero attached hydrogens (tertiary/aromatic N) is 1. The van der Waals surface area contributed by atoms with Gasteiger partial charge in [0.15, 0.2) is 0 Å². The van der Waals surface area contributed by atoms with Crippen LogP contribution in [0.3, 0.4) is 0 Å². The molecule has 8 heteroatoms. The molecule has 0 aliphatic heterocycles. The number of aliphatic hydroxyl groups is 2. The number of nitrogens with two attached hydrogens (primary N) is 1. The van der Waals surface area contributed by atoms with E-state index in [0.29, 0.717) is 13.0 Å². The second-order valence-electron chi connectivity index (χ2n) is 14.8. The Morgan fingerprint density at radius 2 is 0.918 bits per heavy atom. The first-order chi connectivity index (χ1) is 24.1. The van der Waals surface area contributed by atoms with E-state index in [1.165, 1.54) is 148 Å². The Morgan fingerprint density at radius 3 is 1.31 bits per heavy atom. The molecule has 7 N–H and O–H groups in total. The molecule has 1 unspecified atom stereocenters. The Balaban J connectivity index is 3.53. The fraction of sp³-hybridized carbons (Fsp3) is 0.976. The van der Waals surface area contributed by atoms with Crippen molar-refractivity contribution in [3.8, 4) is 0 Å². The number of hydrogen-bond donors (Lipinski definition) is 6. The number of nitrogens with one attached hydrogen (secondary N) is 3. The summed E-state index contributed by atoms with van der Waals surface area (Å²) in [4.78, 5) is 12.5. The van der Waals surface area contributed by atoms with Crippen molar-refractivity contribution in [1.29, 1.82) is 0 Å². The summed E-state index contributed by atoms with van der Waals surface area (Å²) in [7, 11) is 0. The summed E-state index contributed by atoms with van der Waals surface area (Å²) < 4.78 is 0. The second-order valence-corrected chi connectivity index (χ2v) is 14.8. The maximum atomic E-state index is 12.5. The normalized spacial score (nSPS) is 12.3. The van der Waals surface area contributed by atoms with E-state index in [0.717, 1.165) is 71.2 Å². The minimum Gasteiger partial charge on any atom is -0.394 e. The van der Waals surface area contributed by atoms with Gasteiger partial charge >= 0.3 is 0 Å². The zero-order valence-electron chi connectivity index (χ0n) is 32.8. The maximum absolute atomic E-state index is 12.5. The number of unbranched alkanes of at least 4 members (excludes halogenated alkanes) is 25. The van der Waals surface area contributed by atoms with E-state index < -0.39 is 6.10 Å². The summed E-state index contributed by atoms with van der Waals surface area (Å²) in [6.45, 7) is 7.48. The molecule has 49 heavy (non-hydrogen) atoms. The lowest BCUT2D eigenvalue weighted by atomic mass is 10.0. The van der Waals surface area contributed by atoms with Crippen LogP contribution in [0.15, 0.2) is 0 Å². The van der Waals surface area contributed by atoms with Gasteiger partial charge in [0.1, 0.15) is 0 Å². The predicted molar refractivity (Wildman–Crippen MR) is 212 cm³/mol. The van der Waals surface area contributed by atoms with E-state index in [1.54, 1.807) is 5.01 Å². The van der Waals surface area contributed by atoms with Crippen LogP contribution in [0.25, 0.3) is 0 Å². The average molecular weight is 698 g/mol. The summed E-state index contributed by atoms with van der Waals surface area (Å²) in [6.07, 6.45) is 38.2. The van der Waals surface area contributed by atoms with Crippen LogP contribution in [0.4, 0.5) is 0 Å². The molecule has 0 aromatic carbocycles. The van der Waals surface area contributed by atoms with E-state index in [9.17, 15) is 15.0 Å². The van der Waals surface area contributed by atoms with E-state index in [4.69, 9.17) is 5.73 Å². The van der Waals surface area contributed by atoms with Crippen LogP contribution in [-0.2, 0) is 4.79 Å². The van der Waals surface area contributed by atoms with Gasteiger partial charge in [-0.05, 0) is 64.8 Å². The molecule has 0 saturated heterocycles. The first kappa shape index (κ1) is 48.2. The van der Waals surface area contributed by atoms with Crippen molar-refractivity contribution in [3.63, 3.8) is 0 Å². The molecule has 0 spiro atoms. The highest BCUT2D eigenvalue weighted by Crippen LogP contribution is 2.16. The number of rotatable bonds is 42. The monoisotopic (exact) mass is 698 g/mol. The number of carbonyl (C=O) groups is 1. The lowest BCUT2D eigenvalue weighted by Crippen LogP contribution is -2.47. The first-order valence-corrected chi connectivity index (χ1v) is 21.6. The van der Waals surface area contributed by atoms with Gasteiger partial charge in [-0.25, -0.2) is 5.01 Å². The SMILES string of the molecule is CCCCCCCCCCCCCCCCCCCCCCCCCCCC(=O)NN(CCCNCCCCNCCCN)CC(O)CO. The molecule has 0 radical (unpaired) electrons. The Bertz CT molecular complexity index is 642. The summed E-state index contributed by atoms with van der Waals surface area (Å²) in [5.74, 6) is 0.00863. The number of hydrazine groups is 1. The van der Waals surface area contributed by atoms with Crippen LogP contribution in [0.2, 0.25) is 0 Å². The molecule has 294 valence electrons. The van der Waals surface area contributed by atoms with Crippen LogP contribution >= 0.6 is 0 Å². The van der Waals surface area contributed by atoms with Gasteiger partial charge in [0.25, 0.3) is 0 Å². The third-order valence-electron chi connectivity index (χ3n) is 9.73. The molecule has 0 aliphatic carbocycles. The zero-order valence-corrected chi connectivity index (χ0v) is 32.8. The van der Waals surface area contributed by atoms with Crippen LogP contribution in [0, 0.1) is 0 Å². The third-order valence-corrected chi connectivity index (χ3v) is 9.73. The van der Waals surface area contributed by atoms with Crippen LogP contribution in [-0.4, -0.2) is 79.7 Å². The second kappa shape index (κ2) is 41.6. The molecule has 0 aliphatic rings. The van der Waals surface area contributed by atoms with E-state index in [-0.39, 0.29) is 19.1 Å². The lowest BCUT2D eigenvalue weighted by molar-refractivity contribution is -0.126. The molecule has 0 fully saturated rings. The molecule has 0 aromatic rings. The summed E-state index contributed by atoms with van der Waals surface area (Å²) in [6, 6.07) is 0. The molecule has 0 rings (SSSR count). The van der Waals surface area contributed by atoms with Crippen molar-refractivity contribution in [2.24, 2.45) is 5.73 Å². The zero-order chi connectivity index (χ0) is 35.7. The first-order valence-electron chi connectivity index (χ1n) is 21.6. The van der Waals surface area contributed by atoms with E-state index >= 15 is 0 Å². The quantitative estimate of drug-likeness (QED) is 0.0279. The number of aliphatic hydroxyl groups excluding tert-OH is 2. The van der Waals surface area contributed by atoms with E-state index in [1.807, 2.05) is 0 Å². The molecule has 0 bridgehead atoms. The molecule has 0 aromatic heterocycles. The maximum Gasteiger partial charge on any atom is 0.234 e. The number of carbonyl (C=O) groups excluding carboxylic acids is 1. The van der Waals surface area contributed by atoms with Gasteiger partial charge in [-0.2, -0.15) is 0 Å². The Morgan fingerprint density at radius 1 is 0.551 bits per heavy atom. The number of hydrogen-bond acceptors (Lipinski definition) is 7. The molecular weight excluding hydrogens is 610 g/mol. The molecule has 0 saturated carbocycles. The molecule has 1 atom stereocenters. The summed E-state index contributed by atoms with van der Waals surface area (Å²) in [5, 5.41) is 27.8. The Hall–Kier alpha value is -0.770. The third kappa shape index (κ3) is 39.9. The van der Waals surface area contributed by atoms with Gasteiger partial charge in [0, 0.05) is 19.5 Å².